The number of pyridine rings is 1. The van der Waals surface area contributed by atoms with Crippen molar-refractivity contribution in [2.75, 3.05) is 26.2 Å². The summed E-state index contributed by atoms with van der Waals surface area (Å²) in [7, 11) is 0. The molecule has 2 aliphatic rings. The summed E-state index contributed by atoms with van der Waals surface area (Å²) in [6.07, 6.45) is 4.12. The Balaban J connectivity index is 0.000000960. The van der Waals surface area contributed by atoms with Gasteiger partial charge in [0.25, 0.3) is 0 Å². The summed E-state index contributed by atoms with van der Waals surface area (Å²) in [4.78, 5) is 7.64. The minimum atomic E-state index is 0. The zero-order valence-electron chi connectivity index (χ0n) is 13.3. The lowest BCUT2D eigenvalue weighted by Crippen LogP contribution is -2.48. The van der Waals surface area contributed by atoms with E-state index in [2.05, 4.69) is 46.6 Å². The molecule has 0 spiro atoms. The lowest BCUT2D eigenvalue weighted by molar-refractivity contribution is 0.0811. The third kappa shape index (κ3) is 3.80. The highest BCUT2D eigenvalue weighted by Gasteiger charge is 2.34. The molecule has 1 aliphatic heterocycles. The highest BCUT2D eigenvalue weighted by molar-refractivity contribution is 5.85. The largest absolute Gasteiger partial charge is 0.314 e. The molecule has 2 fully saturated rings. The van der Waals surface area contributed by atoms with E-state index in [0.717, 1.165) is 37.6 Å². The molecule has 5 heteroatoms. The van der Waals surface area contributed by atoms with Crippen LogP contribution in [-0.2, 0) is 0 Å². The molecule has 2 aromatic rings. The van der Waals surface area contributed by atoms with Crippen molar-refractivity contribution in [2.45, 2.75) is 25.3 Å². The lowest BCUT2D eigenvalue weighted by atomic mass is 9.77. The Bertz CT molecular complexity index is 624. The van der Waals surface area contributed by atoms with E-state index in [1.54, 1.807) is 0 Å². The maximum atomic E-state index is 4.99. The molecule has 3 nitrogen and oxygen atoms in total. The molecule has 0 amide bonds. The first-order chi connectivity index (χ1) is 10.4. The van der Waals surface area contributed by atoms with Gasteiger partial charge >= 0.3 is 0 Å². The van der Waals surface area contributed by atoms with Gasteiger partial charge in [-0.3, -0.25) is 9.88 Å². The standard InChI is InChI=1S/C18H23N3.2ClH/c1-2-7-16-14(4-1)8-9-17(20-16)18(15-5-3-6-15)21-12-10-19-11-13-21;;/h1-2,4,7-9,15,18-19H,3,5-6,10-13H2;2*1H/t18-;;/m1../s1. The third-order valence-electron chi connectivity index (χ3n) is 5.06. The Hall–Kier alpha value is -0.870. The summed E-state index contributed by atoms with van der Waals surface area (Å²) in [6, 6.07) is 13.5. The van der Waals surface area contributed by atoms with Crippen molar-refractivity contribution in [3.8, 4) is 0 Å². The monoisotopic (exact) mass is 353 g/mol. The van der Waals surface area contributed by atoms with Gasteiger partial charge in [0.05, 0.1) is 17.3 Å². The number of rotatable bonds is 3. The highest BCUT2D eigenvalue weighted by atomic mass is 35.5. The number of para-hydroxylation sites is 1. The molecule has 0 bridgehead atoms. The molecule has 0 unspecified atom stereocenters. The second-order valence-corrected chi connectivity index (χ2v) is 6.35. The molecule has 1 aromatic heterocycles. The number of fused-ring (bicyclic) bond motifs is 1. The van der Waals surface area contributed by atoms with E-state index in [1.165, 1.54) is 30.3 Å². The van der Waals surface area contributed by atoms with Crippen LogP contribution in [0.25, 0.3) is 10.9 Å². The Morgan fingerprint density at radius 3 is 2.43 bits per heavy atom. The number of hydrogen-bond acceptors (Lipinski definition) is 3. The van der Waals surface area contributed by atoms with Gasteiger partial charge < -0.3 is 5.32 Å². The topological polar surface area (TPSA) is 28.2 Å². The predicted molar refractivity (Wildman–Crippen MR) is 101 cm³/mol. The van der Waals surface area contributed by atoms with Crippen molar-refractivity contribution in [3.63, 3.8) is 0 Å². The van der Waals surface area contributed by atoms with E-state index in [0.29, 0.717) is 6.04 Å². The van der Waals surface area contributed by atoms with Crippen LogP contribution in [0.5, 0.6) is 0 Å². The van der Waals surface area contributed by atoms with Crippen molar-refractivity contribution in [1.82, 2.24) is 15.2 Å². The van der Waals surface area contributed by atoms with Gasteiger partial charge in [-0.05, 0) is 30.9 Å². The number of halogens is 2. The maximum Gasteiger partial charge on any atom is 0.0706 e. The molecule has 1 N–H and O–H groups in total. The quantitative estimate of drug-likeness (QED) is 0.908. The Morgan fingerprint density at radius 2 is 1.74 bits per heavy atom. The van der Waals surface area contributed by atoms with E-state index in [1.807, 2.05) is 0 Å². The molecular weight excluding hydrogens is 329 g/mol. The fourth-order valence-electron chi connectivity index (χ4n) is 3.69. The van der Waals surface area contributed by atoms with Gasteiger partial charge in [-0.2, -0.15) is 0 Å². The van der Waals surface area contributed by atoms with Crippen LogP contribution in [0.2, 0.25) is 0 Å². The van der Waals surface area contributed by atoms with Crippen molar-refractivity contribution in [1.29, 1.82) is 0 Å². The Morgan fingerprint density at radius 1 is 1.00 bits per heavy atom. The van der Waals surface area contributed by atoms with Gasteiger partial charge in [0.2, 0.25) is 0 Å². The van der Waals surface area contributed by atoms with Crippen molar-refractivity contribution in [2.24, 2.45) is 5.92 Å². The smallest absolute Gasteiger partial charge is 0.0706 e. The zero-order valence-corrected chi connectivity index (χ0v) is 14.9. The second-order valence-electron chi connectivity index (χ2n) is 6.35. The first-order valence-electron chi connectivity index (χ1n) is 8.22. The fourth-order valence-corrected chi connectivity index (χ4v) is 3.69. The molecular formula is C18H25Cl2N3. The van der Waals surface area contributed by atoms with Crippen LogP contribution in [-0.4, -0.2) is 36.1 Å². The van der Waals surface area contributed by atoms with E-state index >= 15 is 0 Å². The average molecular weight is 354 g/mol. The number of aromatic nitrogens is 1. The minimum Gasteiger partial charge on any atom is -0.314 e. The van der Waals surface area contributed by atoms with Crippen LogP contribution < -0.4 is 5.32 Å². The molecule has 2 heterocycles. The minimum absolute atomic E-state index is 0. The summed E-state index contributed by atoms with van der Waals surface area (Å²) in [5.41, 5.74) is 2.41. The van der Waals surface area contributed by atoms with E-state index in [-0.39, 0.29) is 24.8 Å². The van der Waals surface area contributed by atoms with Gasteiger partial charge in [-0.1, -0.05) is 30.7 Å². The summed E-state index contributed by atoms with van der Waals surface area (Å²) < 4.78 is 0. The van der Waals surface area contributed by atoms with Crippen LogP contribution >= 0.6 is 24.8 Å². The predicted octanol–water partition coefficient (Wildman–Crippen LogP) is 3.82. The number of benzene rings is 1. The van der Waals surface area contributed by atoms with E-state index in [9.17, 15) is 0 Å². The maximum absolute atomic E-state index is 4.99. The number of nitrogens with zero attached hydrogens (tertiary/aromatic N) is 2. The lowest BCUT2D eigenvalue weighted by Gasteiger charge is -2.42. The zero-order chi connectivity index (χ0) is 14.1. The number of piperazine rings is 1. The first kappa shape index (κ1) is 18.5. The molecule has 1 saturated carbocycles. The number of nitrogens with one attached hydrogen (secondary N) is 1. The van der Waals surface area contributed by atoms with E-state index < -0.39 is 0 Å². The normalized spacial score (nSPS) is 20.2. The average Bonchev–Trinajstić information content (AvgIpc) is 2.51. The van der Waals surface area contributed by atoms with E-state index in [4.69, 9.17) is 4.98 Å². The summed E-state index contributed by atoms with van der Waals surface area (Å²) in [5.74, 6) is 0.803. The Labute approximate surface area is 150 Å². The third-order valence-corrected chi connectivity index (χ3v) is 5.06. The Kier molecular flexibility index (Phi) is 6.66. The van der Waals surface area contributed by atoms with Gasteiger partial charge in [-0.15, -0.1) is 24.8 Å². The van der Waals surface area contributed by atoms with Gasteiger partial charge in [-0.25, -0.2) is 0 Å². The van der Waals surface area contributed by atoms with Crippen molar-refractivity contribution >= 4 is 35.7 Å². The van der Waals surface area contributed by atoms with Gasteiger partial charge in [0, 0.05) is 31.6 Å². The second kappa shape index (κ2) is 8.29. The van der Waals surface area contributed by atoms with Crippen LogP contribution in [0.4, 0.5) is 0 Å². The molecule has 4 rings (SSSR count). The van der Waals surface area contributed by atoms with Crippen molar-refractivity contribution < 1.29 is 0 Å². The van der Waals surface area contributed by atoms with Gasteiger partial charge in [0.15, 0.2) is 0 Å². The van der Waals surface area contributed by atoms with Crippen molar-refractivity contribution in [3.05, 3.63) is 42.1 Å². The van der Waals surface area contributed by atoms with Crippen LogP contribution in [0.3, 0.4) is 0 Å². The molecule has 0 radical (unpaired) electrons. The fraction of sp³-hybridized carbons (Fsp3) is 0.500. The van der Waals surface area contributed by atoms with Crippen LogP contribution in [0, 0.1) is 5.92 Å². The molecule has 1 aromatic carbocycles. The molecule has 126 valence electrons. The van der Waals surface area contributed by atoms with Crippen LogP contribution in [0.1, 0.15) is 31.0 Å². The molecule has 1 aliphatic carbocycles. The van der Waals surface area contributed by atoms with Gasteiger partial charge in [0.1, 0.15) is 0 Å². The molecule has 1 atom stereocenters. The summed E-state index contributed by atoms with van der Waals surface area (Å²) in [6.45, 7) is 4.51. The number of hydrogen-bond donors (Lipinski definition) is 1. The summed E-state index contributed by atoms with van der Waals surface area (Å²) >= 11 is 0. The first-order valence-corrected chi connectivity index (χ1v) is 8.22. The SMILES string of the molecule is Cl.Cl.c1ccc2nc([C@@H](C3CCC3)N3CCNCC3)ccc2c1. The molecule has 23 heavy (non-hydrogen) atoms. The molecule has 1 saturated heterocycles. The highest BCUT2D eigenvalue weighted by Crippen LogP contribution is 2.41. The van der Waals surface area contributed by atoms with Crippen LogP contribution in [0.15, 0.2) is 36.4 Å². The summed E-state index contributed by atoms with van der Waals surface area (Å²) in [5, 5.41) is 4.71.